The molecule has 3 rings (SSSR count). The molecule has 1 aliphatic heterocycles. The molecule has 2 heterocycles. The average molecular weight is 337 g/mol. The summed E-state index contributed by atoms with van der Waals surface area (Å²) in [7, 11) is 0. The van der Waals surface area contributed by atoms with Crippen molar-refractivity contribution < 1.29 is 9.59 Å². The zero-order chi connectivity index (χ0) is 17.8. The number of pyridine rings is 1. The third-order valence-electron chi connectivity index (χ3n) is 4.70. The highest BCUT2D eigenvalue weighted by Crippen LogP contribution is 2.32. The largest absolute Gasteiger partial charge is 0.348 e. The first-order chi connectivity index (χ1) is 12.1. The van der Waals surface area contributed by atoms with Crippen molar-refractivity contribution in [1.29, 1.82) is 0 Å². The third kappa shape index (κ3) is 3.87. The van der Waals surface area contributed by atoms with E-state index >= 15 is 0 Å². The average Bonchev–Trinajstić information content (AvgIpc) is 2.62. The first-order valence-electron chi connectivity index (χ1n) is 8.61. The SMILES string of the molecule is CC(=O)N1CCc2ccccc2[C@H]1CC(=O)N[C@H](C)c1ccccn1. The molecule has 1 aromatic heterocycles. The lowest BCUT2D eigenvalue weighted by Gasteiger charge is -2.36. The van der Waals surface area contributed by atoms with E-state index in [0.29, 0.717) is 6.54 Å². The Balaban J connectivity index is 1.75. The smallest absolute Gasteiger partial charge is 0.222 e. The number of nitrogens with zero attached hydrogens (tertiary/aromatic N) is 2. The first kappa shape index (κ1) is 17.1. The molecule has 5 nitrogen and oxygen atoms in total. The number of rotatable bonds is 4. The van der Waals surface area contributed by atoms with Gasteiger partial charge in [0, 0.05) is 19.7 Å². The van der Waals surface area contributed by atoms with Gasteiger partial charge in [-0.3, -0.25) is 14.6 Å². The van der Waals surface area contributed by atoms with Crippen LogP contribution in [0.25, 0.3) is 0 Å². The second kappa shape index (κ2) is 7.47. The van der Waals surface area contributed by atoms with Gasteiger partial charge in [0.05, 0.1) is 24.2 Å². The molecule has 0 saturated heterocycles. The molecule has 130 valence electrons. The quantitative estimate of drug-likeness (QED) is 0.933. The molecule has 2 aromatic rings. The van der Waals surface area contributed by atoms with E-state index in [1.807, 2.05) is 43.3 Å². The predicted molar refractivity (Wildman–Crippen MR) is 95.7 cm³/mol. The molecule has 0 saturated carbocycles. The van der Waals surface area contributed by atoms with Crippen molar-refractivity contribution >= 4 is 11.8 Å². The van der Waals surface area contributed by atoms with Crippen molar-refractivity contribution in [2.24, 2.45) is 0 Å². The summed E-state index contributed by atoms with van der Waals surface area (Å²) in [4.78, 5) is 30.7. The lowest BCUT2D eigenvalue weighted by Crippen LogP contribution is -2.41. The highest BCUT2D eigenvalue weighted by molar-refractivity contribution is 5.80. The summed E-state index contributed by atoms with van der Waals surface area (Å²) < 4.78 is 0. The topological polar surface area (TPSA) is 62.3 Å². The van der Waals surface area contributed by atoms with Crippen LogP contribution < -0.4 is 5.32 Å². The second-order valence-corrected chi connectivity index (χ2v) is 6.42. The maximum Gasteiger partial charge on any atom is 0.222 e. The molecule has 0 bridgehead atoms. The molecule has 1 aliphatic rings. The monoisotopic (exact) mass is 337 g/mol. The fourth-order valence-corrected chi connectivity index (χ4v) is 3.43. The summed E-state index contributed by atoms with van der Waals surface area (Å²) in [5.41, 5.74) is 3.11. The Morgan fingerprint density at radius 3 is 2.72 bits per heavy atom. The van der Waals surface area contributed by atoms with Crippen LogP contribution in [0.1, 0.15) is 49.2 Å². The molecule has 25 heavy (non-hydrogen) atoms. The Bertz CT molecular complexity index is 761. The number of fused-ring (bicyclic) bond motifs is 1. The van der Waals surface area contributed by atoms with Crippen LogP contribution in [0.3, 0.4) is 0 Å². The zero-order valence-corrected chi connectivity index (χ0v) is 14.6. The number of hydrogen-bond donors (Lipinski definition) is 1. The number of nitrogens with one attached hydrogen (secondary N) is 1. The van der Waals surface area contributed by atoms with Gasteiger partial charge in [0.1, 0.15) is 0 Å². The van der Waals surface area contributed by atoms with Gasteiger partial charge in [-0.25, -0.2) is 0 Å². The molecule has 1 aromatic carbocycles. The number of amides is 2. The van der Waals surface area contributed by atoms with Gasteiger partial charge >= 0.3 is 0 Å². The molecule has 5 heteroatoms. The normalized spacial score (nSPS) is 17.5. The van der Waals surface area contributed by atoms with E-state index in [2.05, 4.69) is 16.4 Å². The number of hydrogen-bond acceptors (Lipinski definition) is 3. The maximum atomic E-state index is 12.6. The molecule has 0 aliphatic carbocycles. The van der Waals surface area contributed by atoms with Crippen molar-refractivity contribution in [1.82, 2.24) is 15.2 Å². The molecular weight excluding hydrogens is 314 g/mol. The Kier molecular flexibility index (Phi) is 5.12. The minimum Gasteiger partial charge on any atom is -0.348 e. The van der Waals surface area contributed by atoms with Crippen LogP contribution in [0.2, 0.25) is 0 Å². The van der Waals surface area contributed by atoms with Crippen molar-refractivity contribution in [2.45, 2.75) is 38.8 Å². The fourth-order valence-electron chi connectivity index (χ4n) is 3.43. The summed E-state index contributed by atoms with van der Waals surface area (Å²) >= 11 is 0. The van der Waals surface area contributed by atoms with Crippen molar-refractivity contribution in [3.05, 3.63) is 65.5 Å². The second-order valence-electron chi connectivity index (χ2n) is 6.42. The zero-order valence-electron chi connectivity index (χ0n) is 14.6. The summed E-state index contributed by atoms with van der Waals surface area (Å²) in [6.07, 6.45) is 2.80. The van der Waals surface area contributed by atoms with Gasteiger partial charge < -0.3 is 10.2 Å². The van der Waals surface area contributed by atoms with Gasteiger partial charge in [-0.05, 0) is 36.6 Å². The highest BCUT2D eigenvalue weighted by Gasteiger charge is 2.30. The van der Waals surface area contributed by atoms with Crippen LogP contribution in [-0.4, -0.2) is 28.2 Å². The van der Waals surface area contributed by atoms with Crippen LogP contribution >= 0.6 is 0 Å². The molecule has 0 spiro atoms. The molecular formula is C20H23N3O2. The van der Waals surface area contributed by atoms with Gasteiger partial charge in [0.25, 0.3) is 0 Å². The standard InChI is InChI=1S/C20H23N3O2/c1-14(18-9-5-6-11-21-18)22-20(25)13-19-17-8-4-3-7-16(17)10-12-23(19)15(2)24/h3-9,11,14,19H,10,12-13H2,1-2H3,(H,22,25)/t14-,19-/m1/s1. The van der Waals surface area contributed by atoms with Crippen LogP contribution in [0.4, 0.5) is 0 Å². The van der Waals surface area contributed by atoms with E-state index in [-0.39, 0.29) is 30.3 Å². The molecule has 2 atom stereocenters. The molecule has 0 radical (unpaired) electrons. The summed E-state index contributed by atoms with van der Waals surface area (Å²) in [5.74, 6) is -0.0730. The molecule has 0 unspecified atom stereocenters. The number of benzene rings is 1. The van der Waals surface area contributed by atoms with E-state index in [4.69, 9.17) is 0 Å². The lowest BCUT2D eigenvalue weighted by molar-refractivity contribution is -0.133. The van der Waals surface area contributed by atoms with E-state index in [9.17, 15) is 9.59 Å². The van der Waals surface area contributed by atoms with Crippen molar-refractivity contribution in [3.8, 4) is 0 Å². The summed E-state index contributed by atoms with van der Waals surface area (Å²) in [6, 6.07) is 13.3. The van der Waals surface area contributed by atoms with Gasteiger partial charge in [-0.1, -0.05) is 30.3 Å². The Morgan fingerprint density at radius 1 is 1.24 bits per heavy atom. The number of carbonyl (C=O) groups excluding carboxylic acids is 2. The van der Waals surface area contributed by atoms with E-state index in [1.165, 1.54) is 5.56 Å². The number of aromatic nitrogens is 1. The lowest BCUT2D eigenvalue weighted by atomic mass is 9.90. The fraction of sp³-hybridized carbons (Fsp3) is 0.350. The minimum atomic E-state index is -0.210. The van der Waals surface area contributed by atoms with Crippen molar-refractivity contribution in [3.63, 3.8) is 0 Å². The van der Waals surface area contributed by atoms with Gasteiger partial charge in [-0.2, -0.15) is 0 Å². The first-order valence-corrected chi connectivity index (χ1v) is 8.61. The Labute approximate surface area is 148 Å². The van der Waals surface area contributed by atoms with Gasteiger partial charge in [0.15, 0.2) is 0 Å². The highest BCUT2D eigenvalue weighted by atomic mass is 16.2. The molecule has 1 N–H and O–H groups in total. The Hall–Kier alpha value is -2.69. The summed E-state index contributed by atoms with van der Waals surface area (Å²) in [5, 5.41) is 2.99. The minimum absolute atomic E-state index is 0.00470. The van der Waals surface area contributed by atoms with Crippen LogP contribution in [0.15, 0.2) is 48.7 Å². The summed E-state index contributed by atoms with van der Waals surface area (Å²) in [6.45, 7) is 4.13. The van der Waals surface area contributed by atoms with E-state index in [0.717, 1.165) is 17.7 Å². The predicted octanol–water partition coefficient (Wildman–Crippen LogP) is 2.79. The van der Waals surface area contributed by atoms with E-state index < -0.39 is 0 Å². The van der Waals surface area contributed by atoms with Crippen molar-refractivity contribution in [2.75, 3.05) is 6.54 Å². The van der Waals surface area contributed by atoms with Gasteiger partial charge in [-0.15, -0.1) is 0 Å². The van der Waals surface area contributed by atoms with Crippen LogP contribution in [0, 0.1) is 0 Å². The Morgan fingerprint density at radius 2 is 2.00 bits per heavy atom. The third-order valence-corrected chi connectivity index (χ3v) is 4.70. The van der Waals surface area contributed by atoms with Gasteiger partial charge in [0.2, 0.25) is 11.8 Å². The molecule has 0 fully saturated rings. The maximum absolute atomic E-state index is 12.6. The van der Waals surface area contributed by atoms with Crippen LogP contribution in [0.5, 0.6) is 0 Å². The molecule has 2 amide bonds. The number of carbonyl (C=O) groups is 2. The van der Waals surface area contributed by atoms with Crippen LogP contribution in [-0.2, 0) is 16.0 Å². The van der Waals surface area contributed by atoms with E-state index in [1.54, 1.807) is 18.0 Å².